The van der Waals surface area contributed by atoms with Crippen LogP contribution in [0.2, 0.25) is 5.02 Å². The zero-order valence-electron chi connectivity index (χ0n) is 12.6. The van der Waals surface area contributed by atoms with Crippen molar-refractivity contribution in [3.8, 4) is 5.75 Å². The van der Waals surface area contributed by atoms with Crippen LogP contribution in [0.5, 0.6) is 5.75 Å². The van der Waals surface area contributed by atoms with Gasteiger partial charge in [0.1, 0.15) is 11.3 Å². The third kappa shape index (κ3) is 4.11. The summed E-state index contributed by atoms with van der Waals surface area (Å²) in [5.74, 6) is -0.981. The summed E-state index contributed by atoms with van der Waals surface area (Å²) in [7, 11) is 0. The lowest BCUT2D eigenvalue weighted by Crippen LogP contribution is -2.56. The summed E-state index contributed by atoms with van der Waals surface area (Å²) < 4.78 is 5.55. The van der Waals surface area contributed by atoms with Crippen molar-refractivity contribution in [3.63, 3.8) is 0 Å². The van der Waals surface area contributed by atoms with Gasteiger partial charge in [0.05, 0.1) is 0 Å². The second-order valence-electron chi connectivity index (χ2n) is 5.16. The third-order valence-electron chi connectivity index (χ3n) is 3.24. The minimum atomic E-state index is -1.29. The van der Waals surface area contributed by atoms with E-state index < -0.39 is 17.6 Å². The van der Waals surface area contributed by atoms with E-state index in [2.05, 4.69) is 0 Å². The van der Waals surface area contributed by atoms with Crippen LogP contribution < -0.4 is 4.74 Å². The van der Waals surface area contributed by atoms with Crippen LogP contribution in [0.15, 0.2) is 24.3 Å². The number of hydrogen-bond donors (Lipinski definition) is 1. The first-order chi connectivity index (χ1) is 9.70. The van der Waals surface area contributed by atoms with Crippen LogP contribution in [0.4, 0.5) is 0 Å². The lowest BCUT2D eigenvalue weighted by molar-refractivity contribution is -0.159. The van der Waals surface area contributed by atoms with E-state index >= 15 is 0 Å². The first-order valence-corrected chi connectivity index (χ1v) is 7.05. The van der Waals surface area contributed by atoms with Gasteiger partial charge in [0.15, 0.2) is 6.10 Å². The number of benzene rings is 1. The summed E-state index contributed by atoms with van der Waals surface area (Å²) in [6, 6.07) is 6.71. The summed E-state index contributed by atoms with van der Waals surface area (Å²) in [6.45, 7) is 6.57. The van der Waals surface area contributed by atoms with E-state index in [1.54, 1.807) is 38.1 Å². The van der Waals surface area contributed by atoms with Gasteiger partial charge in [-0.2, -0.15) is 0 Å². The Morgan fingerprint density at radius 2 is 2.05 bits per heavy atom. The number of carbonyl (C=O) groups is 2. The van der Waals surface area contributed by atoms with Crippen molar-refractivity contribution in [1.29, 1.82) is 0 Å². The summed E-state index contributed by atoms with van der Waals surface area (Å²) in [5, 5.41) is 9.75. The maximum Gasteiger partial charge on any atom is 0.329 e. The van der Waals surface area contributed by atoms with Crippen LogP contribution in [-0.2, 0) is 9.59 Å². The summed E-state index contributed by atoms with van der Waals surface area (Å²) in [4.78, 5) is 25.0. The number of nitrogens with zero attached hydrogens (tertiary/aromatic N) is 1. The van der Waals surface area contributed by atoms with E-state index in [1.807, 2.05) is 0 Å². The van der Waals surface area contributed by atoms with Crippen molar-refractivity contribution in [3.05, 3.63) is 29.3 Å². The van der Waals surface area contributed by atoms with Gasteiger partial charge < -0.3 is 14.7 Å². The number of rotatable bonds is 6. The van der Waals surface area contributed by atoms with Gasteiger partial charge in [-0.05, 0) is 45.9 Å². The molecule has 0 heterocycles. The summed E-state index contributed by atoms with van der Waals surface area (Å²) in [5.41, 5.74) is -1.29. The lowest BCUT2D eigenvalue weighted by atomic mass is 10.0. The second-order valence-corrected chi connectivity index (χ2v) is 5.60. The van der Waals surface area contributed by atoms with Gasteiger partial charge in [-0.1, -0.05) is 17.7 Å². The average Bonchev–Trinajstić information content (AvgIpc) is 2.38. The smallest absolute Gasteiger partial charge is 0.329 e. The fourth-order valence-corrected chi connectivity index (χ4v) is 2.14. The first kappa shape index (κ1) is 17.3. The maximum absolute atomic E-state index is 12.4. The molecule has 1 unspecified atom stereocenters. The van der Waals surface area contributed by atoms with Crippen molar-refractivity contribution in [2.24, 2.45) is 0 Å². The Labute approximate surface area is 129 Å². The van der Waals surface area contributed by atoms with Crippen molar-refractivity contribution < 1.29 is 19.4 Å². The molecule has 1 rings (SSSR count). The van der Waals surface area contributed by atoms with Gasteiger partial charge in [0.25, 0.3) is 5.91 Å². The highest BCUT2D eigenvalue weighted by molar-refractivity contribution is 6.30. The van der Waals surface area contributed by atoms with E-state index in [0.717, 1.165) is 0 Å². The number of likely N-dealkylation sites (N-methyl/N-ethyl adjacent to an activating group) is 1. The number of halogens is 1. The second kappa shape index (κ2) is 6.80. The Hall–Kier alpha value is -1.75. The van der Waals surface area contributed by atoms with Gasteiger partial charge >= 0.3 is 5.97 Å². The van der Waals surface area contributed by atoms with Crippen LogP contribution in [0.25, 0.3) is 0 Å². The molecule has 0 saturated carbocycles. The molecular weight excluding hydrogens is 294 g/mol. The number of carboxylic acids is 1. The zero-order chi connectivity index (χ0) is 16.2. The summed E-state index contributed by atoms with van der Waals surface area (Å²) in [6.07, 6.45) is -0.804. The molecule has 21 heavy (non-hydrogen) atoms. The minimum Gasteiger partial charge on any atom is -0.481 e. The normalized spacial score (nSPS) is 12.6. The third-order valence-corrected chi connectivity index (χ3v) is 3.47. The summed E-state index contributed by atoms with van der Waals surface area (Å²) >= 11 is 5.86. The van der Waals surface area contributed by atoms with E-state index in [4.69, 9.17) is 16.3 Å². The highest BCUT2D eigenvalue weighted by Gasteiger charge is 2.39. The molecule has 1 N–H and O–H groups in total. The molecular formula is C15H20ClNO4. The minimum absolute atomic E-state index is 0.279. The molecule has 0 radical (unpaired) electrons. The molecule has 0 aliphatic carbocycles. The van der Waals surface area contributed by atoms with Crippen LogP contribution in [0.3, 0.4) is 0 Å². The molecule has 1 amide bonds. The van der Waals surface area contributed by atoms with Crippen LogP contribution in [-0.4, -0.2) is 40.1 Å². The zero-order valence-corrected chi connectivity index (χ0v) is 13.3. The predicted octanol–water partition coefficient (Wildman–Crippen LogP) is 2.82. The molecule has 0 aromatic heterocycles. The fourth-order valence-electron chi connectivity index (χ4n) is 1.96. The molecule has 0 fully saturated rings. The Bertz CT molecular complexity index is 530. The van der Waals surface area contributed by atoms with Gasteiger partial charge in [-0.3, -0.25) is 4.79 Å². The molecule has 1 atom stereocenters. The molecule has 5 nitrogen and oxygen atoms in total. The van der Waals surface area contributed by atoms with Crippen molar-refractivity contribution in [1.82, 2.24) is 4.90 Å². The first-order valence-electron chi connectivity index (χ1n) is 6.67. The highest BCUT2D eigenvalue weighted by atomic mass is 35.5. The van der Waals surface area contributed by atoms with E-state index in [-0.39, 0.29) is 12.5 Å². The topological polar surface area (TPSA) is 66.8 Å². The molecule has 6 heteroatoms. The van der Waals surface area contributed by atoms with Crippen LogP contribution in [0.1, 0.15) is 27.7 Å². The van der Waals surface area contributed by atoms with Gasteiger partial charge in [-0.25, -0.2) is 4.79 Å². The predicted molar refractivity (Wildman–Crippen MR) is 80.6 cm³/mol. The number of ether oxygens (including phenoxy) is 1. The molecule has 1 aromatic rings. The molecule has 0 aliphatic rings. The molecule has 0 spiro atoms. The maximum atomic E-state index is 12.4. The van der Waals surface area contributed by atoms with E-state index in [0.29, 0.717) is 10.8 Å². The molecule has 0 bridgehead atoms. The molecule has 0 saturated heterocycles. The number of carboxylic acid groups (broad SMARTS) is 1. The Morgan fingerprint density at radius 3 is 2.52 bits per heavy atom. The highest BCUT2D eigenvalue weighted by Crippen LogP contribution is 2.21. The average molecular weight is 314 g/mol. The van der Waals surface area contributed by atoms with Crippen molar-refractivity contribution in [2.75, 3.05) is 6.54 Å². The number of amides is 1. The van der Waals surface area contributed by atoms with Gasteiger partial charge in [-0.15, -0.1) is 0 Å². The van der Waals surface area contributed by atoms with Crippen LogP contribution >= 0.6 is 11.6 Å². The monoisotopic (exact) mass is 313 g/mol. The number of carbonyl (C=O) groups excluding carboxylic acids is 1. The lowest BCUT2D eigenvalue weighted by Gasteiger charge is -2.35. The van der Waals surface area contributed by atoms with Crippen LogP contribution in [0, 0.1) is 0 Å². The standard InChI is InChI=1S/C15H20ClNO4/c1-5-17(15(3,4)14(19)20)13(18)10(2)21-12-8-6-7-11(16)9-12/h6-10H,5H2,1-4H3,(H,19,20). The van der Waals surface area contributed by atoms with Gasteiger partial charge in [0.2, 0.25) is 0 Å². The van der Waals surface area contributed by atoms with Gasteiger partial charge in [0, 0.05) is 11.6 Å². The number of hydrogen-bond acceptors (Lipinski definition) is 3. The Kier molecular flexibility index (Phi) is 5.61. The Morgan fingerprint density at radius 1 is 1.43 bits per heavy atom. The Balaban J connectivity index is 2.88. The quantitative estimate of drug-likeness (QED) is 0.877. The van der Waals surface area contributed by atoms with E-state index in [9.17, 15) is 14.7 Å². The van der Waals surface area contributed by atoms with E-state index in [1.165, 1.54) is 18.7 Å². The molecule has 1 aromatic carbocycles. The van der Waals surface area contributed by atoms with Crippen molar-refractivity contribution >= 4 is 23.5 Å². The largest absolute Gasteiger partial charge is 0.481 e. The van der Waals surface area contributed by atoms with Crippen molar-refractivity contribution in [2.45, 2.75) is 39.3 Å². The SMILES string of the molecule is CCN(C(=O)C(C)Oc1cccc(Cl)c1)C(C)(C)C(=O)O. The molecule has 116 valence electrons. The molecule has 0 aliphatic heterocycles. The number of aliphatic carboxylic acids is 1. The fraction of sp³-hybridized carbons (Fsp3) is 0.467.